The molecule has 102 valence electrons. The summed E-state index contributed by atoms with van der Waals surface area (Å²) in [5.74, 6) is 0.941. The lowest BCUT2D eigenvalue weighted by Gasteiger charge is -2.32. The number of hydrogen-bond donors (Lipinski definition) is 1. The Morgan fingerprint density at radius 2 is 2.16 bits per heavy atom. The molecule has 3 heterocycles. The molecular weight excluding hydrogens is 238 g/mol. The van der Waals surface area contributed by atoms with Gasteiger partial charge in [-0.05, 0) is 31.5 Å². The number of pyridine rings is 1. The molecule has 5 nitrogen and oxygen atoms in total. The Balaban J connectivity index is 1.73. The van der Waals surface area contributed by atoms with E-state index in [9.17, 15) is 0 Å². The van der Waals surface area contributed by atoms with Crippen molar-refractivity contribution in [3.05, 3.63) is 29.7 Å². The van der Waals surface area contributed by atoms with E-state index in [1.807, 2.05) is 10.7 Å². The lowest BCUT2D eigenvalue weighted by molar-refractivity contribution is 0.182. The predicted octanol–water partition coefficient (Wildman–Crippen LogP) is 0.874. The molecule has 1 saturated heterocycles. The van der Waals surface area contributed by atoms with Gasteiger partial charge in [0.05, 0.1) is 0 Å². The maximum absolute atomic E-state index is 4.62. The summed E-state index contributed by atoms with van der Waals surface area (Å²) in [5, 5.41) is 7.94. The molecule has 1 atom stereocenters. The van der Waals surface area contributed by atoms with Crippen LogP contribution in [0.5, 0.6) is 0 Å². The third-order valence-electron chi connectivity index (χ3n) is 3.79. The minimum absolute atomic E-state index is 0.501. The van der Waals surface area contributed by atoms with Crippen molar-refractivity contribution in [2.45, 2.75) is 26.3 Å². The molecule has 1 unspecified atom stereocenters. The number of aryl methyl sites for hydroxylation is 1. The molecule has 0 saturated carbocycles. The lowest BCUT2D eigenvalue weighted by Crippen LogP contribution is -2.48. The third-order valence-corrected chi connectivity index (χ3v) is 3.79. The topological polar surface area (TPSA) is 45.5 Å². The van der Waals surface area contributed by atoms with Gasteiger partial charge in [0.1, 0.15) is 0 Å². The largest absolute Gasteiger partial charge is 0.314 e. The van der Waals surface area contributed by atoms with Crippen LogP contribution >= 0.6 is 0 Å². The lowest BCUT2D eigenvalue weighted by atomic mass is 10.2. The number of fused-ring (bicyclic) bond motifs is 1. The van der Waals surface area contributed by atoms with Gasteiger partial charge < -0.3 is 5.32 Å². The van der Waals surface area contributed by atoms with Crippen LogP contribution in [0.4, 0.5) is 0 Å². The first-order chi connectivity index (χ1) is 9.22. The molecule has 3 rings (SSSR count). The highest BCUT2D eigenvalue weighted by Crippen LogP contribution is 2.09. The Morgan fingerprint density at radius 1 is 1.37 bits per heavy atom. The van der Waals surface area contributed by atoms with Gasteiger partial charge in [0, 0.05) is 44.8 Å². The first-order valence-electron chi connectivity index (χ1n) is 6.99. The molecule has 2 aromatic rings. The van der Waals surface area contributed by atoms with Gasteiger partial charge in [-0.25, -0.2) is 9.50 Å². The van der Waals surface area contributed by atoms with Gasteiger partial charge in [-0.2, -0.15) is 5.10 Å². The van der Waals surface area contributed by atoms with Crippen LogP contribution in [0.3, 0.4) is 0 Å². The van der Waals surface area contributed by atoms with Crippen molar-refractivity contribution in [2.75, 3.05) is 26.2 Å². The molecule has 19 heavy (non-hydrogen) atoms. The fraction of sp³-hybridized carbons (Fsp3) is 0.571. The second-order valence-electron chi connectivity index (χ2n) is 5.37. The molecule has 1 aliphatic rings. The molecule has 1 aliphatic heterocycles. The molecule has 1 fully saturated rings. The third kappa shape index (κ3) is 2.77. The molecule has 1 N–H and O–H groups in total. The fourth-order valence-corrected chi connectivity index (χ4v) is 2.63. The average molecular weight is 259 g/mol. The van der Waals surface area contributed by atoms with Gasteiger partial charge >= 0.3 is 0 Å². The SMILES string of the molecule is Cc1ccn2nc(CC(C)N3CCNCC3)nc2c1. The van der Waals surface area contributed by atoms with E-state index >= 15 is 0 Å². The maximum Gasteiger partial charge on any atom is 0.155 e. The van der Waals surface area contributed by atoms with Gasteiger partial charge in [-0.15, -0.1) is 0 Å². The van der Waals surface area contributed by atoms with Crippen LogP contribution in [0, 0.1) is 6.92 Å². The molecule has 2 aromatic heterocycles. The van der Waals surface area contributed by atoms with Crippen molar-refractivity contribution in [1.29, 1.82) is 0 Å². The summed E-state index contributed by atoms with van der Waals surface area (Å²) in [7, 11) is 0. The van der Waals surface area contributed by atoms with Crippen molar-refractivity contribution in [3.8, 4) is 0 Å². The zero-order chi connectivity index (χ0) is 13.2. The molecule has 0 radical (unpaired) electrons. The summed E-state index contributed by atoms with van der Waals surface area (Å²) in [6.45, 7) is 8.76. The van der Waals surface area contributed by atoms with E-state index in [2.05, 4.69) is 46.3 Å². The van der Waals surface area contributed by atoms with Gasteiger partial charge in [0.15, 0.2) is 11.5 Å². The number of piperazine rings is 1. The van der Waals surface area contributed by atoms with Crippen molar-refractivity contribution in [1.82, 2.24) is 24.8 Å². The predicted molar refractivity (Wildman–Crippen MR) is 75.3 cm³/mol. The molecule has 0 bridgehead atoms. The summed E-state index contributed by atoms with van der Waals surface area (Å²) >= 11 is 0. The summed E-state index contributed by atoms with van der Waals surface area (Å²) in [6.07, 6.45) is 2.90. The number of nitrogens with one attached hydrogen (secondary N) is 1. The molecule has 0 aromatic carbocycles. The summed E-state index contributed by atoms with van der Waals surface area (Å²) in [4.78, 5) is 7.13. The summed E-state index contributed by atoms with van der Waals surface area (Å²) in [6, 6.07) is 4.64. The Morgan fingerprint density at radius 3 is 2.95 bits per heavy atom. The summed E-state index contributed by atoms with van der Waals surface area (Å²) < 4.78 is 1.87. The Bertz CT molecular complexity index is 556. The second kappa shape index (κ2) is 5.27. The van der Waals surface area contributed by atoms with Crippen molar-refractivity contribution in [2.24, 2.45) is 0 Å². The van der Waals surface area contributed by atoms with E-state index in [-0.39, 0.29) is 0 Å². The monoisotopic (exact) mass is 259 g/mol. The zero-order valence-corrected chi connectivity index (χ0v) is 11.6. The van der Waals surface area contributed by atoms with E-state index in [1.54, 1.807) is 0 Å². The normalized spacial score (nSPS) is 18.8. The zero-order valence-electron chi connectivity index (χ0n) is 11.6. The van der Waals surface area contributed by atoms with Crippen molar-refractivity contribution >= 4 is 5.65 Å². The first-order valence-corrected chi connectivity index (χ1v) is 6.99. The van der Waals surface area contributed by atoms with Crippen LogP contribution in [-0.2, 0) is 6.42 Å². The van der Waals surface area contributed by atoms with Crippen LogP contribution in [0.25, 0.3) is 5.65 Å². The highest BCUT2D eigenvalue weighted by atomic mass is 15.3. The fourth-order valence-electron chi connectivity index (χ4n) is 2.63. The van der Waals surface area contributed by atoms with E-state index in [4.69, 9.17) is 0 Å². The molecular formula is C14H21N5. The van der Waals surface area contributed by atoms with E-state index in [0.29, 0.717) is 6.04 Å². The number of aromatic nitrogens is 3. The second-order valence-corrected chi connectivity index (χ2v) is 5.37. The molecule has 0 spiro atoms. The quantitative estimate of drug-likeness (QED) is 0.888. The maximum atomic E-state index is 4.62. The highest BCUT2D eigenvalue weighted by Gasteiger charge is 2.18. The van der Waals surface area contributed by atoms with Crippen LogP contribution in [0.1, 0.15) is 18.3 Å². The molecule has 0 amide bonds. The van der Waals surface area contributed by atoms with Gasteiger partial charge in [0.25, 0.3) is 0 Å². The number of rotatable bonds is 3. The van der Waals surface area contributed by atoms with Crippen molar-refractivity contribution < 1.29 is 0 Å². The molecule has 0 aliphatic carbocycles. The number of hydrogen-bond acceptors (Lipinski definition) is 4. The van der Waals surface area contributed by atoms with Crippen LogP contribution in [0.2, 0.25) is 0 Å². The Hall–Kier alpha value is -1.46. The van der Waals surface area contributed by atoms with Gasteiger partial charge in [0.2, 0.25) is 0 Å². The minimum Gasteiger partial charge on any atom is -0.314 e. The highest BCUT2D eigenvalue weighted by molar-refractivity contribution is 5.40. The Labute approximate surface area is 113 Å². The standard InChI is InChI=1S/C14H21N5/c1-11-3-6-19-14(9-11)16-13(17-19)10-12(2)18-7-4-15-5-8-18/h3,6,9,12,15H,4-5,7-8,10H2,1-2H3. The van der Waals surface area contributed by atoms with E-state index < -0.39 is 0 Å². The van der Waals surface area contributed by atoms with Gasteiger partial charge in [-0.1, -0.05) is 0 Å². The van der Waals surface area contributed by atoms with Crippen molar-refractivity contribution in [3.63, 3.8) is 0 Å². The smallest absolute Gasteiger partial charge is 0.155 e. The Kier molecular flexibility index (Phi) is 3.48. The van der Waals surface area contributed by atoms with Crippen LogP contribution in [-0.4, -0.2) is 51.7 Å². The number of nitrogens with zero attached hydrogens (tertiary/aromatic N) is 4. The first kappa shape index (κ1) is 12.6. The van der Waals surface area contributed by atoms with E-state index in [1.165, 1.54) is 5.56 Å². The molecule has 5 heteroatoms. The minimum atomic E-state index is 0.501. The summed E-state index contributed by atoms with van der Waals surface area (Å²) in [5.41, 5.74) is 2.17. The average Bonchev–Trinajstić information content (AvgIpc) is 2.81. The van der Waals surface area contributed by atoms with Crippen LogP contribution < -0.4 is 5.32 Å². The van der Waals surface area contributed by atoms with Gasteiger partial charge in [-0.3, -0.25) is 4.90 Å². The van der Waals surface area contributed by atoms with Crippen LogP contribution in [0.15, 0.2) is 18.3 Å². The van der Waals surface area contributed by atoms with E-state index in [0.717, 1.165) is 44.1 Å².